The van der Waals surface area contributed by atoms with E-state index in [2.05, 4.69) is 4.74 Å². The number of esters is 1. The second kappa shape index (κ2) is 6.16. The average molecular weight is 284 g/mol. The molecule has 6 heteroatoms. The molecule has 0 unspecified atom stereocenters. The van der Waals surface area contributed by atoms with Gasteiger partial charge in [0.05, 0.1) is 25.1 Å². The van der Waals surface area contributed by atoms with Gasteiger partial charge in [0.15, 0.2) is 0 Å². The molecule has 4 nitrogen and oxygen atoms in total. The molecule has 0 amide bonds. The lowest BCUT2D eigenvalue weighted by atomic mass is 10.1. The monoisotopic (exact) mass is 284 g/mol. The van der Waals surface area contributed by atoms with Crippen molar-refractivity contribution in [2.24, 2.45) is 0 Å². The fourth-order valence-electron chi connectivity index (χ4n) is 1.51. The molecule has 1 fully saturated rings. The Bertz CT molecular complexity index is 499. The van der Waals surface area contributed by atoms with E-state index in [-0.39, 0.29) is 17.4 Å². The second-order valence-electron chi connectivity index (χ2n) is 3.97. The van der Waals surface area contributed by atoms with Gasteiger partial charge in [-0.1, -0.05) is 0 Å². The number of hydrogen-bond donors (Lipinski definition) is 0. The number of carbonyl (C=O) groups excluding carboxylic acids is 2. The molecule has 0 N–H and O–H groups in total. The summed E-state index contributed by atoms with van der Waals surface area (Å²) in [6.07, 6.45) is 0. The van der Waals surface area contributed by atoms with E-state index in [9.17, 15) is 14.0 Å². The highest BCUT2D eigenvalue weighted by Crippen LogP contribution is 2.30. The number of halogens is 1. The van der Waals surface area contributed by atoms with Crippen molar-refractivity contribution < 1.29 is 23.5 Å². The highest BCUT2D eigenvalue weighted by molar-refractivity contribution is 8.00. The minimum Gasteiger partial charge on any atom is -0.460 e. The molecule has 0 spiro atoms. The lowest BCUT2D eigenvalue weighted by Crippen LogP contribution is -2.30. The molecule has 0 atom stereocenters. The fourth-order valence-corrected chi connectivity index (χ4v) is 2.52. The summed E-state index contributed by atoms with van der Waals surface area (Å²) in [5.74, 6) is -2.30. The first-order valence-electron chi connectivity index (χ1n) is 5.87. The molecule has 1 aromatic carbocycles. The SMILES string of the molecule is CCOC(=O)C(=O)c1ccc(SC2COC2)c(F)c1. The first-order chi connectivity index (χ1) is 9.11. The molecular formula is C13H13FO4S. The standard InChI is InChI=1S/C13H13FO4S/c1-2-18-13(16)12(15)8-3-4-11(10(14)5-8)19-9-6-17-7-9/h3-5,9H,2,6-7H2,1H3. The Morgan fingerprint density at radius 2 is 2.21 bits per heavy atom. The van der Waals surface area contributed by atoms with E-state index < -0.39 is 17.6 Å². The van der Waals surface area contributed by atoms with Gasteiger partial charge in [0.25, 0.3) is 5.78 Å². The highest BCUT2D eigenvalue weighted by Gasteiger charge is 2.23. The average Bonchev–Trinajstić information content (AvgIpc) is 2.34. The van der Waals surface area contributed by atoms with Crippen molar-refractivity contribution in [3.05, 3.63) is 29.6 Å². The maximum Gasteiger partial charge on any atom is 0.379 e. The lowest BCUT2D eigenvalue weighted by molar-refractivity contribution is -0.137. The van der Waals surface area contributed by atoms with Gasteiger partial charge in [-0.15, -0.1) is 11.8 Å². The number of thioether (sulfide) groups is 1. The molecule has 0 radical (unpaired) electrons. The molecule has 2 rings (SSSR count). The van der Waals surface area contributed by atoms with Gasteiger partial charge in [0, 0.05) is 10.5 Å². The predicted molar refractivity (Wildman–Crippen MR) is 67.8 cm³/mol. The molecule has 1 aromatic rings. The zero-order valence-corrected chi connectivity index (χ0v) is 11.2. The van der Waals surface area contributed by atoms with Crippen molar-refractivity contribution in [3.63, 3.8) is 0 Å². The van der Waals surface area contributed by atoms with Crippen molar-refractivity contribution >= 4 is 23.5 Å². The van der Waals surface area contributed by atoms with Crippen molar-refractivity contribution in [2.45, 2.75) is 17.1 Å². The van der Waals surface area contributed by atoms with E-state index in [1.165, 1.54) is 23.9 Å². The van der Waals surface area contributed by atoms with Crippen molar-refractivity contribution in [3.8, 4) is 0 Å². The van der Waals surface area contributed by atoms with Crippen LogP contribution in [0.4, 0.5) is 4.39 Å². The van der Waals surface area contributed by atoms with Crippen LogP contribution in [0.25, 0.3) is 0 Å². The van der Waals surface area contributed by atoms with E-state index in [4.69, 9.17) is 4.74 Å². The predicted octanol–water partition coefficient (Wildman–Crippen LogP) is 2.06. The maximum atomic E-state index is 13.8. The van der Waals surface area contributed by atoms with Gasteiger partial charge in [0.1, 0.15) is 5.82 Å². The van der Waals surface area contributed by atoms with Crippen molar-refractivity contribution in [1.29, 1.82) is 0 Å². The summed E-state index contributed by atoms with van der Waals surface area (Å²) in [5.41, 5.74) is 0.00478. The third-order valence-electron chi connectivity index (χ3n) is 2.56. The minimum atomic E-state index is -0.963. The summed E-state index contributed by atoms with van der Waals surface area (Å²) in [7, 11) is 0. The van der Waals surface area contributed by atoms with Crippen molar-refractivity contribution in [2.75, 3.05) is 19.8 Å². The summed E-state index contributed by atoms with van der Waals surface area (Å²) < 4.78 is 23.4. The van der Waals surface area contributed by atoms with E-state index in [0.717, 1.165) is 6.07 Å². The molecule has 0 bridgehead atoms. The first kappa shape index (κ1) is 14.0. The molecule has 1 aliphatic heterocycles. The number of ketones is 1. The normalized spacial score (nSPS) is 14.8. The molecule has 0 aromatic heterocycles. The van der Waals surface area contributed by atoms with Gasteiger partial charge in [-0.2, -0.15) is 0 Å². The molecule has 1 aliphatic rings. The number of carbonyl (C=O) groups is 2. The van der Waals surface area contributed by atoms with Crippen LogP contribution in [-0.2, 0) is 14.3 Å². The molecule has 19 heavy (non-hydrogen) atoms. The van der Waals surface area contributed by atoms with Gasteiger partial charge >= 0.3 is 5.97 Å². The maximum absolute atomic E-state index is 13.8. The van der Waals surface area contributed by atoms with Crippen LogP contribution in [0.3, 0.4) is 0 Å². The third kappa shape index (κ3) is 3.33. The van der Waals surface area contributed by atoms with Crippen molar-refractivity contribution in [1.82, 2.24) is 0 Å². The van der Waals surface area contributed by atoms with Crippen LogP contribution in [-0.4, -0.2) is 36.8 Å². The van der Waals surface area contributed by atoms with E-state index in [1.54, 1.807) is 6.92 Å². The molecular weight excluding hydrogens is 271 g/mol. The largest absolute Gasteiger partial charge is 0.460 e. The fraction of sp³-hybridized carbons (Fsp3) is 0.385. The van der Waals surface area contributed by atoms with Crippen LogP contribution < -0.4 is 0 Å². The van der Waals surface area contributed by atoms with Gasteiger partial charge in [-0.25, -0.2) is 9.18 Å². The summed E-state index contributed by atoms with van der Waals surface area (Å²) >= 11 is 1.37. The molecule has 1 heterocycles. The summed E-state index contributed by atoms with van der Waals surface area (Å²) in [6, 6.07) is 4.01. The van der Waals surface area contributed by atoms with Gasteiger partial charge < -0.3 is 9.47 Å². The zero-order chi connectivity index (χ0) is 13.8. The Morgan fingerprint density at radius 1 is 1.47 bits per heavy atom. The second-order valence-corrected chi connectivity index (χ2v) is 5.31. The molecule has 102 valence electrons. The Morgan fingerprint density at radius 3 is 2.74 bits per heavy atom. The summed E-state index contributed by atoms with van der Waals surface area (Å²) in [5, 5.41) is 0.251. The van der Waals surface area contributed by atoms with E-state index >= 15 is 0 Å². The van der Waals surface area contributed by atoms with E-state index in [1.807, 2.05) is 0 Å². The Labute approximate surface area is 114 Å². The third-order valence-corrected chi connectivity index (χ3v) is 3.75. The van der Waals surface area contributed by atoms with Crippen LogP contribution in [0.1, 0.15) is 17.3 Å². The van der Waals surface area contributed by atoms with Gasteiger partial charge in [0.2, 0.25) is 0 Å². The minimum absolute atomic E-state index is 0.00478. The smallest absolute Gasteiger partial charge is 0.379 e. The number of hydrogen-bond acceptors (Lipinski definition) is 5. The van der Waals surface area contributed by atoms with E-state index in [0.29, 0.717) is 18.1 Å². The molecule has 1 saturated heterocycles. The zero-order valence-electron chi connectivity index (χ0n) is 10.3. The Hall–Kier alpha value is -1.40. The number of ether oxygens (including phenoxy) is 2. The van der Waals surface area contributed by atoms with Crippen LogP contribution >= 0.6 is 11.8 Å². The summed E-state index contributed by atoms with van der Waals surface area (Å²) in [4.78, 5) is 23.3. The number of rotatable bonds is 5. The van der Waals surface area contributed by atoms with Crippen LogP contribution in [0.2, 0.25) is 0 Å². The highest BCUT2D eigenvalue weighted by atomic mass is 32.2. The van der Waals surface area contributed by atoms with Crippen LogP contribution in [0.5, 0.6) is 0 Å². The summed E-state index contributed by atoms with van der Waals surface area (Å²) in [6.45, 7) is 2.93. The lowest BCUT2D eigenvalue weighted by Gasteiger charge is -2.25. The Balaban J connectivity index is 2.09. The van der Waals surface area contributed by atoms with Gasteiger partial charge in [-0.05, 0) is 25.1 Å². The number of Topliss-reactive ketones (excluding diaryl/α,β-unsaturated/α-hetero) is 1. The quantitative estimate of drug-likeness (QED) is 0.470. The molecule has 0 saturated carbocycles. The van der Waals surface area contributed by atoms with Crippen LogP contribution in [0, 0.1) is 5.82 Å². The Kier molecular flexibility index (Phi) is 4.55. The molecule has 0 aliphatic carbocycles. The number of benzene rings is 1. The topological polar surface area (TPSA) is 52.6 Å². The van der Waals surface area contributed by atoms with Gasteiger partial charge in [-0.3, -0.25) is 4.79 Å². The first-order valence-corrected chi connectivity index (χ1v) is 6.75. The van der Waals surface area contributed by atoms with Crippen LogP contribution in [0.15, 0.2) is 23.1 Å².